The first-order chi connectivity index (χ1) is 18.7. The van der Waals surface area contributed by atoms with Gasteiger partial charge in [-0.1, -0.05) is 0 Å². The number of hydrogen-bond acceptors (Lipinski definition) is 6. The van der Waals surface area contributed by atoms with E-state index in [1.807, 2.05) is 25.8 Å². The van der Waals surface area contributed by atoms with Crippen LogP contribution in [0.1, 0.15) is 29.8 Å². The van der Waals surface area contributed by atoms with E-state index < -0.39 is 40.4 Å². The number of nitrogens with one attached hydrogen (secondary N) is 2. The zero-order valence-corrected chi connectivity index (χ0v) is 22.5. The summed E-state index contributed by atoms with van der Waals surface area (Å²) in [5.41, 5.74) is -3.02. The fourth-order valence-electron chi connectivity index (χ4n) is 4.74. The van der Waals surface area contributed by atoms with Gasteiger partial charge in [-0.3, -0.25) is 14.5 Å². The number of halogens is 5. The molecule has 13 heteroatoms. The Hall–Kier alpha value is -4.00. The highest BCUT2D eigenvalue weighted by Gasteiger charge is 2.36. The highest BCUT2D eigenvalue weighted by atomic mass is 19.4. The molecule has 3 aromatic rings. The molecule has 40 heavy (non-hydrogen) atoms. The Kier molecular flexibility index (Phi) is 7.88. The SMILES string of the molecule is CC1CN(c2cc(F)c(-c3cnc(N(C)C)c(F)c3)cc2NC(=O)c2c[nH]c(=O)cc2C(F)(F)F)CC(C)N1C. The van der Waals surface area contributed by atoms with Gasteiger partial charge in [-0.25, -0.2) is 13.8 Å². The van der Waals surface area contributed by atoms with Gasteiger partial charge in [-0.15, -0.1) is 0 Å². The molecule has 4 rings (SSSR count). The third-order valence-corrected chi connectivity index (χ3v) is 7.06. The minimum absolute atomic E-state index is 0.0155. The van der Waals surface area contributed by atoms with Crippen LogP contribution < -0.4 is 20.7 Å². The molecular weight excluding hydrogens is 535 g/mol. The Morgan fingerprint density at radius 2 is 1.73 bits per heavy atom. The topological polar surface area (TPSA) is 84.6 Å². The van der Waals surface area contributed by atoms with E-state index in [1.54, 1.807) is 14.1 Å². The van der Waals surface area contributed by atoms with Crippen molar-refractivity contribution >= 4 is 23.1 Å². The van der Waals surface area contributed by atoms with Gasteiger partial charge in [0.2, 0.25) is 5.56 Å². The standard InChI is InChI=1S/C27H29F5N6O2/c1-14-12-38(13-15(2)37(14)5)23-9-20(28)17(16-6-21(29)25(34-10-16)36(3)4)7-22(23)35-26(40)18-11-33-24(39)8-19(18)27(30,31)32/h6-11,14-15H,12-13H2,1-5H3,(H,33,39)(H,35,40). The van der Waals surface area contributed by atoms with Gasteiger partial charge in [0.05, 0.1) is 22.5 Å². The highest BCUT2D eigenvalue weighted by molar-refractivity contribution is 6.07. The first kappa shape index (κ1) is 29.0. The second kappa shape index (κ2) is 10.9. The van der Waals surface area contributed by atoms with E-state index in [-0.39, 0.29) is 40.4 Å². The Balaban J connectivity index is 1.83. The van der Waals surface area contributed by atoms with Crippen molar-refractivity contribution in [3.05, 3.63) is 69.8 Å². The van der Waals surface area contributed by atoms with Crippen LogP contribution in [0.5, 0.6) is 0 Å². The summed E-state index contributed by atoms with van der Waals surface area (Å²) in [4.78, 5) is 36.3. The van der Waals surface area contributed by atoms with Gasteiger partial charge < -0.3 is 20.1 Å². The lowest BCUT2D eigenvalue weighted by Gasteiger charge is -2.44. The molecule has 0 spiro atoms. The molecule has 2 unspecified atom stereocenters. The van der Waals surface area contributed by atoms with Gasteiger partial charge in [-0.2, -0.15) is 13.2 Å². The van der Waals surface area contributed by atoms with Crippen molar-refractivity contribution in [3.8, 4) is 11.1 Å². The number of amides is 1. The number of pyridine rings is 2. The molecule has 1 saturated heterocycles. The number of aromatic nitrogens is 2. The second-order valence-electron chi connectivity index (χ2n) is 10.1. The second-order valence-corrected chi connectivity index (χ2v) is 10.1. The Bertz CT molecular complexity index is 1480. The maximum Gasteiger partial charge on any atom is 0.417 e. The van der Waals surface area contributed by atoms with Crippen LogP contribution in [0.3, 0.4) is 0 Å². The zero-order valence-electron chi connectivity index (χ0n) is 22.5. The molecule has 2 aromatic heterocycles. The Labute approximate surface area is 227 Å². The van der Waals surface area contributed by atoms with Crippen LogP contribution >= 0.6 is 0 Å². The predicted molar refractivity (Wildman–Crippen MR) is 143 cm³/mol. The fraction of sp³-hybridized carbons (Fsp3) is 0.370. The minimum atomic E-state index is -4.97. The number of rotatable bonds is 5. The van der Waals surface area contributed by atoms with E-state index in [0.717, 1.165) is 6.07 Å². The largest absolute Gasteiger partial charge is 0.417 e. The van der Waals surface area contributed by atoms with Crippen molar-refractivity contribution in [3.63, 3.8) is 0 Å². The van der Waals surface area contributed by atoms with Gasteiger partial charge in [0.25, 0.3) is 5.91 Å². The summed E-state index contributed by atoms with van der Waals surface area (Å²) < 4.78 is 71.2. The number of carbonyl (C=O) groups is 1. The van der Waals surface area contributed by atoms with Crippen molar-refractivity contribution in [1.29, 1.82) is 0 Å². The lowest BCUT2D eigenvalue weighted by atomic mass is 10.0. The maximum atomic E-state index is 15.6. The highest BCUT2D eigenvalue weighted by Crippen LogP contribution is 2.37. The lowest BCUT2D eigenvalue weighted by molar-refractivity contribution is -0.138. The van der Waals surface area contributed by atoms with Crippen LogP contribution in [-0.2, 0) is 6.18 Å². The summed E-state index contributed by atoms with van der Waals surface area (Å²) >= 11 is 0. The molecule has 2 N–H and O–H groups in total. The average Bonchev–Trinajstić information content (AvgIpc) is 2.86. The number of aromatic amines is 1. The van der Waals surface area contributed by atoms with Crippen LogP contribution in [0.25, 0.3) is 11.1 Å². The van der Waals surface area contributed by atoms with Crippen LogP contribution in [0.15, 0.2) is 41.5 Å². The smallest absolute Gasteiger partial charge is 0.367 e. The number of alkyl halides is 3. The fourth-order valence-corrected chi connectivity index (χ4v) is 4.74. The van der Waals surface area contributed by atoms with Gasteiger partial charge in [0, 0.05) is 68.9 Å². The molecule has 0 bridgehead atoms. The zero-order chi connectivity index (χ0) is 29.5. The summed E-state index contributed by atoms with van der Waals surface area (Å²) in [5, 5.41) is 2.47. The molecular formula is C27H29F5N6O2. The summed E-state index contributed by atoms with van der Waals surface area (Å²) in [7, 11) is 5.14. The third-order valence-electron chi connectivity index (χ3n) is 7.06. The first-order valence-electron chi connectivity index (χ1n) is 12.4. The van der Waals surface area contributed by atoms with E-state index in [2.05, 4.69) is 20.2 Å². The van der Waals surface area contributed by atoms with E-state index in [9.17, 15) is 27.2 Å². The van der Waals surface area contributed by atoms with Gasteiger partial charge in [0.15, 0.2) is 11.6 Å². The third kappa shape index (κ3) is 5.79. The van der Waals surface area contributed by atoms with Crippen molar-refractivity contribution in [2.24, 2.45) is 0 Å². The number of piperazine rings is 1. The van der Waals surface area contributed by atoms with Crippen molar-refractivity contribution in [1.82, 2.24) is 14.9 Å². The number of benzene rings is 1. The summed E-state index contributed by atoms with van der Waals surface area (Å²) in [5.74, 6) is -2.57. The van der Waals surface area contributed by atoms with Crippen molar-refractivity contribution in [2.45, 2.75) is 32.1 Å². The Morgan fingerprint density at radius 1 is 1.07 bits per heavy atom. The number of carbonyl (C=O) groups excluding carboxylic acids is 1. The van der Waals surface area contributed by atoms with Gasteiger partial charge >= 0.3 is 6.18 Å². The quantitative estimate of drug-likeness (QED) is 0.442. The first-order valence-corrected chi connectivity index (χ1v) is 12.4. The number of hydrogen-bond donors (Lipinski definition) is 2. The van der Waals surface area contributed by atoms with E-state index >= 15 is 4.39 Å². The van der Waals surface area contributed by atoms with E-state index in [0.29, 0.717) is 25.4 Å². The molecule has 1 amide bonds. The minimum Gasteiger partial charge on any atom is -0.367 e. The molecule has 214 valence electrons. The molecule has 8 nitrogen and oxygen atoms in total. The number of anilines is 3. The molecule has 0 radical (unpaired) electrons. The molecule has 1 aliphatic rings. The van der Waals surface area contributed by atoms with Crippen LogP contribution in [0.4, 0.5) is 39.1 Å². The Morgan fingerprint density at radius 3 is 2.30 bits per heavy atom. The predicted octanol–water partition coefficient (Wildman–Crippen LogP) is 4.58. The number of nitrogens with zero attached hydrogens (tertiary/aromatic N) is 4. The molecule has 0 aliphatic carbocycles. The molecule has 1 fully saturated rings. The molecule has 1 aromatic carbocycles. The van der Waals surface area contributed by atoms with Crippen molar-refractivity contribution in [2.75, 3.05) is 49.3 Å². The molecule has 2 atom stereocenters. The summed E-state index contributed by atoms with van der Waals surface area (Å²) in [6.07, 6.45) is -3.02. The monoisotopic (exact) mass is 564 g/mol. The van der Waals surface area contributed by atoms with E-state index in [4.69, 9.17) is 0 Å². The molecule has 1 aliphatic heterocycles. The number of likely N-dealkylation sites (N-methyl/N-ethyl adjacent to an activating group) is 1. The van der Waals surface area contributed by atoms with Crippen molar-refractivity contribution < 1.29 is 26.7 Å². The normalized spacial score (nSPS) is 18.1. The van der Waals surface area contributed by atoms with Gasteiger partial charge in [-0.05, 0) is 39.1 Å². The lowest BCUT2D eigenvalue weighted by Crippen LogP contribution is -2.55. The van der Waals surface area contributed by atoms with E-state index in [1.165, 1.54) is 23.2 Å². The van der Waals surface area contributed by atoms with Gasteiger partial charge in [0.1, 0.15) is 5.82 Å². The average molecular weight is 565 g/mol. The maximum absolute atomic E-state index is 15.6. The van der Waals surface area contributed by atoms with Crippen LogP contribution in [0, 0.1) is 11.6 Å². The summed E-state index contributed by atoms with van der Waals surface area (Å²) in [6.45, 7) is 4.84. The number of H-pyrrole nitrogens is 1. The summed E-state index contributed by atoms with van der Waals surface area (Å²) in [6, 6.07) is 3.91. The molecule has 3 heterocycles. The molecule has 0 saturated carbocycles. The van der Waals surface area contributed by atoms with Crippen LogP contribution in [0.2, 0.25) is 0 Å². The van der Waals surface area contributed by atoms with Crippen LogP contribution in [-0.4, -0.2) is 67.1 Å².